The van der Waals surface area contributed by atoms with Crippen molar-refractivity contribution in [2.24, 2.45) is 4.99 Å². The molecule has 0 unspecified atom stereocenters. The highest BCUT2D eigenvalue weighted by molar-refractivity contribution is 14.0. The van der Waals surface area contributed by atoms with Crippen molar-refractivity contribution in [2.45, 2.75) is 45.4 Å². The van der Waals surface area contributed by atoms with Crippen LogP contribution in [0.3, 0.4) is 0 Å². The molecule has 0 saturated carbocycles. The van der Waals surface area contributed by atoms with Crippen LogP contribution in [0.1, 0.15) is 44.9 Å². The zero-order valence-corrected chi connectivity index (χ0v) is 18.5. The van der Waals surface area contributed by atoms with Crippen LogP contribution < -0.4 is 10.6 Å². The lowest BCUT2D eigenvalue weighted by Gasteiger charge is -2.22. The summed E-state index contributed by atoms with van der Waals surface area (Å²) < 4.78 is 0. The molecule has 0 radical (unpaired) electrons. The Labute approximate surface area is 168 Å². The first-order chi connectivity index (χ1) is 11.1. The molecule has 1 aliphatic rings. The van der Waals surface area contributed by atoms with Gasteiger partial charge in [0.05, 0.1) is 6.54 Å². The highest BCUT2D eigenvalue weighted by Crippen LogP contribution is 2.27. The molecule has 0 atom stereocenters. The van der Waals surface area contributed by atoms with Gasteiger partial charge in [-0.25, -0.2) is 0 Å². The van der Waals surface area contributed by atoms with Gasteiger partial charge in [-0.1, -0.05) is 19.9 Å². The van der Waals surface area contributed by atoms with E-state index >= 15 is 0 Å². The van der Waals surface area contributed by atoms with Gasteiger partial charge >= 0.3 is 0 Å². The average molecular weight is 464 g/mol. The summed E-state index contributed by atoms with van der Waals surface area (Å²) in [4.78, 5) is 8.75. The third-order valence-electron chi connectivity index (χ3n) is 4.31. The number of rotatable bonds is 8. The standard InChI is InChI=1S/C18H32N4S.HI/c1-4-19-17(20-10-8-13-22-11-5-6-12-22)21-15-18(2,3)16-9-7-14-23-16;/h7,9,14H,4-6,8,10-13,15H2,1-3H3,(H2,19,20,21);1H. The van der Waals surface area contributed by atoms with Crippen molar-refractivity contribution in [3.63, 3.8) is 0 Å². The molecule has 0 spiro atoms. The molecule has 1 saturated heterocycles. The lowest BCUT2D eigenvalue weighted by atomic mass is 9.92. The van der Waals surface area contributed by atoms with Gasteiger partial charge in [-0.2, -0.15) is 0 Å². The topological polar surface area (TPSA) is 39.7 Å². The van der Waals surface area contributed by atoms with Crippen LogP contribution in [0.5, 0.6) is 0 Å². The first-order valence-electron chi connectivity index (χ1n) is 8.90. The Balaban J connectivity index is 0.00000288. The van der Waals surface area contributed by atoms with Crippen molar-refractivity contribution in [3.05, 3.63) is 22.4 Å². The Morgan fingerprint density at radius 2 is 2.04 bits per heavy atom. The van der Waals surface area contributed by atoms with E-state index in [1.807, 2.05) is 11.3 Å². The molecule has 138 valence electrons. The van der Waals surface area contributed by atoms with E-state index in [1.54, 1.807) is 0 Å². The smallest absolute Gasteiger partial charge is 0.191 e. The van der Waals surface area contributed by atoms with Crippen LogP contribution >= 0.6 is 35.3 Å². The summed E-state index contributed by atoms with van der Waals surface area (Å²) in [5, 5.41) is 8.98. The van der Waals surface area contributed by atoms with Gasteiger partial charge in [0.25, 0.3) is 0 Å². The summed E-state index contributed by atoms with van der Waals surface area (Å²) in [7, 11) is 0. The number of nitrogens with zero attached hydrogens (tertiary/aromatic N) is 2. The number of halogens is 1. The Morgan fingerprint density at radius 3 is 2.67 bits per heavy atom. The van der Waals surface area contributed by atoms with Gasteiger partial charge < -0.3 is 15.5 Å². The number of thiophene rings is 1. The molecular formula is C18H33IN4S. The number of hydrogen-bond donors (Lipinski definition) is 2. The van der Waals surface area contributed by atoms with E-state index in [9.17, 15) is 0 Å². The minimum Gasteiger partial charge on any atom is -0.357 e. The molecule has 24 heavy (non-hydrogen) atoms. The molecule has 1 fully saturated rings. The second-order valence-corrected chi connectivity index (χ2v) is 7.83. The lowest BCUT2D eigenvalue weighted by Crippen LogP contribution is -2.39. The monoisotopic (exact) mass is 464 g/mol. The maximum atomic E-state index is 4.80. The lowest BCUT2D eigenvalue weighted by molar-refractivity contribution is 0.334. The second kappa shape index (κ2) is 11.3. The molecule has 0 aliphatic carbocycles. The number of guanidine groups is 1. The number of nitrogens with one attached hydrogen (secondary N) is 2. The Morgan fingerprint density at radius 1 is 1.29 bits per heavy atom. The van der Waals surface area contributed by atoms with Crippen molar-refractivity contribution in [1.29, 1.82) is 0 Å². The maximum Gasteiger partial charge on any atom is 0.191 e. The van der Waals surface area contributed by atoms with Gasteiger partial charge in [-0.15, -0.1) is 35.3 Å². The Hall–Kier alpha value is -0.340. The molecule has 0 bridgehead atoms. The largest absolute Gasteiger partial charge is 0.357 e. The molecule has 0 aromatic carbocycles. The van der Waals surface area contributed by atoms with Gasteiger partial charge in [0, 0.05) is 23.4 Å². The normalized spacial score (nSPS) is 16.0. The summed E-state index contributed by atoms with van der Waals surface area (Å²) in [6, 6.07) is 4.32. The van der Waals surface area contributed by atoms with E-state index in [0.717, 1.165) is 25.6 Å². The third-order valence-corrected chi connectivity index (χ3v) is 5.54. The maximum absolute atomic E-state index is 4.80. The second-order valence-electron chi connectivity index (χ2n) is 6.89. The van der Waals surface area contributed by atoms with Gasteiger partial charge in [0.15, 0.2) is 5.96 Å². The number of likely N-dealkylation sites (tertiary alicyclic amines) is 1. The molecular weight excluding hydrogens is 431 g/mol. The summed E-state index contributed by atoms with van der Waals surface area (Å²) in [6.07, 6.45) is 3.92. The SMILES string of the molecule is CCNC(=NCC(C)(C)c1cccs1)NCCCN1CCCC1.I. The number of hydrogen-bond acceptors (Lipinski definition) is 3. The van der Waals surface area contributed by atoms with Crippen molar-refractivity contribution in [3.8, 4) is 0 Å². The van der Waals surface area contributed by atoms with E-state index in [0.29, 0.717) is 0 Å². The fourth-order valence-corrected chi connectivity index (χ4v) is 3.72. The minimum atomic E-state index is 0. The fourth-order valence-electron chi connectivity index (χ4n) is 2.88. The van der Waals surface area contributed by atoms with Gasteiger partial charge in [-0.05, 0) is 57.3 Å². The predicted octanol–water partition coefficient (Wildman–Crippen LogP) is 3.68. The van der Waals surface area contributed by atoms with Crippen molar-refractivity contribution in [1.82, 2.24) is 15.5 Å². The van der Waals surface area contributed by atoms with Crippen molar-refractivity contribution >= 4 is 41.3 Å². The molecule has 0 amide bonds. The summed E-state index contributed by atoms with van der Waals surface area (Å²) in [5.74, 6) is 0.943. The minimum absolute atomic E-state index is 0. The fraction of sp³-hybridized carbons (Fsp3) is 0.722. The molecule has 2 N–H and O–H groups in total. The highest BCUT2D eigenvalue weighted by atomic mass is 127. The van der Waals surface area contributed by atoms with Crippen LogP contribution in [0.4, 0.5) is 0 Å². The molecule has 2 heterocycles. The molecule has 1 aromatic heterocycles. The Kier molecular flexibility index (Phi) is 10.2. The zero-order valence-electron chi connectivity index (χ0n) is 15.3. The van der Waals surface area contributed by atoms with Crippen LogP contribution in [-0.2, 0) is 5.41 Å². The van der Waals surface area contributed by atoms with E-state index in [4.69, 9.17) is 4.99 Å². The predicted molar refractivity (Wildman–Crippen MR) is 117 cm³/mol. The van der Waals surface area contributed by atoms with Crippen LogP contribution in [0.2, 0.25) is 0 Å². The van der Waals surface area contributed by atoms with Gasteiger partial charge in [-0.3, -0.25) is 4.99 Å². The molecule has 2 rings (SSSR count). The molecule has 1 aliphatic heterocycles. The quantitative estimate of drug-likeness (QED) is 0.267. The van der Waals surface area contributed by atoms with E-state index in [1.165, 1.54) is 43.8 Å². The van der Waals surface area contributed by atoms with Crippen molar-refractivity contribution in [2.75, 3.05) is 39.3 Å². The van der Waals surface area contributed by atoms with Crippen molar-refractivity contribution < 1.29 is 0 Å². The van der Waals surface area contributed by atoms with Gasteiger partial charge in [0.1, 0.15) is 0 Å². The van der Waals surface area contributed by atoms with Crippen LogP contribution in [0.25, 0.3) is 0 Å². The summed E-state index contributed by atoms with van der Waals surface area (Å²) in [5.41, 5.74) is 0.0894. The first kappa shape index (κ1) is 21.7. The van der Waals surface area contributed by atoms with Crippen LogP contribution in [-0.4, -0.2) is 50.1 Å². The molecule has 1 aromatic rings. The average Bonchev–Trinajstić information content (AvgIpc) is 3.22. The van der Waals surface area contributed by atoms with E-state index in [2.05, 4.69) is 53.8 Å². The van der Waals surface area contributed by atoms with E-state index in [-0.39, 0.29) is 29.4 Å². The summed E-state index contributed by atoms with van der Waals surface area (Å²) in [6.45, 7) is 13.1. The third kappa shape index (κ3) is 7.27. The van der Waals surface area contributed by atoms with Crippen LogP contribution in [0, 0.1) is 0 Å². The first-order valence-corrected chi connectivity index (χ1v) is 9.78. The van der Waals surface area contributed by atoms with E-state index < -0.39 is 0 Å². The van der Waals surface area contributed by atoms with Gasteiger partial charge in [0.2, 0.25) is 0 Å². The number of aliphatic imine (C=N–C) groups is 1. The zero-order chi connectivity index (χ0) is 16.5. The summed E-state index contributed by atoms with van der Waals surface area (Å²) >= 11 is 1.81. The molecule has 6 heteroatoms. The molecule has 4 nitrogen and oxygen atoms in total. The van der Waals surface area contributed by atoms with Crippen LogP contribution in [0.15, 0.2) is 22.5 Å². The Bertz CT molecular complexity index is 467. The highest BCUT2D eigenvalue weighted by Gasteiger charge is 2.21.